The standard InChI is InChI=1S/C16H25N5/c1-12(2)21-15(6-7-18-21)11-20-8-4-5-14(10-20)16-17-9-13(3)19-16/h6-7,9,12,14H,4-5,8,10-11H2,1-3H3,(H,17,19). The molecule has 2 aromatic heterocycles. The van der Waals surface area contributed by atoms with E-state index in [1.807, 2.05) is 12.4 Å². The fraction of sp³-hybridized carbons (Fsp3) is 0.625. The van der Waals surface area contributed by atoms with Gasteiger partial charge in [0.1, 0.15) is 5.82 Å². The van der Waals surface area contributed by atoms with Gasteiger partial charge in [0.25, 0.3) is 0 Å². The maximum absolute atomic E-state index is 4.52. The number of hydrogen-bond donors (Lipinski definition) is 1. The summed E-state index contributed by atoms with van der Waals surface area (Å²) in [6.07, 6.45) is 6.31. The number of nitrogens with zero attached hydrogens (tertiary/aromatic N) is 4. The van der Waals surface area contributed by atoms with Crippen LogP contribution in [0, 0.1) is 6.92 Å². The molecule has 0 aliphatic carbocycles. The quantitative estimate of drug-likeness (QED) is 0.940. The monoisotopic (exact) mass is 287 g/mol. The van der Waals surface area contributed by atoms with Crippen molar-refractivity contribution in [1.82, 2.24) is 24.6 Å². The summed E-state index contributed by atoms with van der Waals surface area (Å²) in [5, 5.41) is 4.43. The van der Waals surface area contributed by atoms with Crippen molar-refractivity contribution in [2.45, 2.75) is 52.1 Å². The van der Waals surface area contributed by atoms with Crippen LogP contribution in [-0.2, 0) is 6.54 Å². The third-order valence-corrected chi connectivity index (χ3v) is 4.24. The number of likely N-dealkylation sites (tertiary alicyclic amines) is 1. The minimum Gasteiger partial charge on any atom is -0.346 e. The molecule has 0 aromatic carbocycles. The zero-order valence-electron chi connectivity index (χ0n) is 13.2. The van der Waals surface area contributed by atoms with Gasteiger partial charge in [-0.25, -0.2) is 4.98 Å². The lowest BCUT2D eigenvalue weighted by atomic mass is 9.97. The molecule has 0 amide bonds. The molecule has 5 nitrogen and oxygen atoms in total. The first kappa shape index (κ1) is 14.3. The summed E-state index contributed by atoms with van der Waals surface area (Å²) in [6, 6.07) is 2.56. The lowest BCUT2D eigenvalue weighted by Gasteiger charge is -2.32. The van der Waals surface area contributed by atoms with E-state index in [0.717, 1.165) is 24.6 Å². The topological polar surface area (TPSA) is 49.7 Å². The molecule has 1 N–H and O–H groups in total. The van der Waals surface area contributed by atoms with Gasteiger partial charge in [-0.2, -0.15) is 5.10 Å². The lowest BCUT2D eigenvalue weighted by molar-refractivity contribution is 0.191. The summed E-state index contributed by atoms with van der Waals surface area (Å²) in [5.41, 5.74) is 2.46. The number of imidazole rings is 1. The van der Waals surface area contributed by atoms with Gasteiger partial charge < -0.3 is 4.98 Å². The molecular formula is C16H25N5. The maximum atomic E-state index is 4.52. The first-order chi connectivity index (χ1) is 10.1. The molecule has 2 aromatic rings. The predicted molar refractivity (Wildman–Crippen MR) is 83.2 cm³/mol. The van der Waals surface area contributed by atoms with Crippen LogP contribution in [0.4, 0.5) is 0 Å². The maximum Gasteiger partial charge on any atom is 0.110 e. The summed E-state index contributed by atoms with van der Waals surface area (Å²) < 4.78 is 2.13. The molecule has 5 heteroatoms. The van der Waals surface area contributed by atoms with E-state index in [2.05, 4.69) is 51.5 Å². The fourth-order valence-corrected chi connectivity index (χ4v) is 3.22. The van der Waals surface area contributed by atoms with Crippen LogP contribution >= 0.6 is 0 Å². The Bertz CT molecular complexity index is 583. The summed E-state index contributed by atoms with van der Waals surface area (Å²) in [5.74, 6) is 1.68. The molecule has 3 heterocycles. The van der Waals surface area contributed by atoms with Gasteiger partial charge in [0.05, 0.1) is 5.69 Å². The Morgan fingerprint density at radius 3 is 3.00 bits per heavy atom. The van der Waals surface area contributed by atoms with Crippen molar-refractivity contribution in [2.75, 3.05) is 13.1 Å². The Morgan fingerprint density at radius 1 is 1.43 bits per heavy atom. The smallest absolute Gasteiger partial charge is 0.110 e. The van der Waals surface area contributed by atoms with Gasteiger partial charge in [0, 0.05) is 43.1 Å². The number of nitrogens with one attached hydrogen (secondary N) is 1. The van der Waals surface area contributed by atoms with Crippen molar-refractivity contribution >= 4 is 0 Å². The molecule has 21 heavy (non-hydrogen) atoms. The van der Waals surface area contributed by atoms with E-state index >= 15 is 0 Å². The number of rotatable bonds is 4. The van der Waals surface area contributed by atoms with Gasteiger partial charge in [-0.1, -0.05) is 0 Å². The van der Waals surface area contributed by atoms with E-state index in [1.165, 1.54) is 25.1 Å². The zero-order chi connectivity index (χ0) is 14.8. The molecule has 0 spiro atoms. The highest BCUT2D eigenvalue weighted by molar-refractivity contribution is 5.07. The van der Waals surface area contributed by atoms with Crippen molar-refractivity contribution in [2.24, 2.45) is 0 Å². The molecule has 1 fully saturated rings. The third kappa shape index (κ3) is 3.18. The highest BCUT2D eigenvalue weighted by Crippen LogP contribution is 2.26. The van der Waals surface area contributed by atoms with Crippen molar-refractivity contribution in [3.63, 3.8) is 0 Å². The van der Waals surface area contributed by atoms with E-state index in [1.54, 1.807) is 0 Å². The molecule has 3 rings (SSSR count). The number of hydrogen-bond acceptors (Lipinski definition) is 3. The normalized spacial score (nSPS) is 20.3. The Hall–Kier alpha value is -1.62. The molecular weight excluding hydrogens is 262 g/mol. The van der Waals surface area contributed by atoms with E-state index in [0.29, 0.717) is 12.0 Å². The second kappa shape index (κ2) is 6.02. The van der Waals surface area contributed by atoms with Crippen molar-refractivity contribution in [3.8, 4) is 0 Å². The lowest BCUT2D eigenvalue weighted by Crippen LogP contribution is -2.35. The number of aromatic amines is 1. The zero-order valence-corrected chi connectivity index (χ0v) is 13.2. The van der Waals surface area contributed by atoms with E-state index < -0.39 is 0 Å². The first-order valence-corrected chi connectivity index (χ1v) is 7.89. The fourth-order valence-electron chi connectivity index (χ4n) is 3.22. The molecule has 1 aliphatic heterocycles. The second-order valence-corrected chi connectivity index (χ2v) is 6.39. The van der Waals surface area contributed by atoms with Crippen molar-refractivity contribution in [3.05, 3.63) is 35.7 Å². The molecule has 1 aliphatic rings. The van der Waals surface area contributed by atoms with Gasteiger partial charge in [0.15, 0.2) is 0 Å². The Labute approximate surface area is 126 Å². The highest BCUT2D eigenvalue weighted by Gasteiger charge is 2.24. The van der Waals surface area contributed by atoms with Crippen LogP contribution in [-0.4, -0.2) is 37.7 Å². The third-order valence-electron chi connectivity index (χ3n) is 4.24. The Balaban J connectivity index is 1.67. The molecule has 114 valence electrons. The van der Waals surface area contributed by atoms with Crippen molar-refractivity contribution in [1.29, 1.82) is 0 Å². The molecule has 1 unspecified atom stereocenters. The molecule has 1 saturated heterocycles. The molecule has 0 radical (unpaired) electrons. The molecule has 0 bridgehead atoms. The SMILES string of the molecule is Cc1cnc(C2CCCN(Cc3ccnn3C(C)C)C2)[nH]1. The van der Waals surface area contributed by atoms with Crippen LogP contribution in [0.15, 0.2) is 18.5 Å². The van der Waals surface area contributed by atoms with E-state index in [9.17, 15) is 0 Å². The summed E-state index contributed by atoms with van der Waals surface area (Å²) in [4.78, 5) is 10.4. The van der Waals surface area contributed by atoms with E-state index in [4.69, 9.17) is 0 Å². The summed E-state index contributed by atoms with van der Waals surface area (Å²) in [6.45, 7) is 9.66. The average molecular weight is 287 g/mol. The van der Waals surface area contributed by atoms with Crippen LogP contribution in [0.5, 0.6) is 0 Å². The largest absolute Gasteiger partial charge is 0.346 e. The Kier molecular flexibility index (Phi) is 4.10. The number of H-pyrrole nitrogens is 1. The second-order valence-electron chi connectivity index (χ2n) is 6.39. The van der Waals surface area contributed by atoms with Crippen LogP contribution in [0.2, 0.25) is 0 Å². The van der Waals surface area contributed by atoms with Crippen molar-refractivity contribution < 1.29 is 0 Å². The summed E-state index contributed by atoms with van der Waals surface area (Å²) in [7, 11) is 0. The van der Waals surface area contributed by atoms with Crippen LogP contribution in [0.3, 0.4) is 0 Å². The number of piperidine rings is 1. The highest BCUT2D eigenvalue weighted by atomic mass is 15.3. The van der Waals surface area contributed by atoms with E-state index in [-0.39, 0.29) is 0 Å². The number of aromatic nitrogens is 4. The van der Waals surface area contributed by atoms with Gasteiger partial charge >= 0.3 is 0 Å². The number of aryl methyl sites for hydroxylation is 1. The Morgan fingerprint density at radius 2 is 2.29 bits per heavy atom. The van der Waals surface area contributed by atoms with Gasteiger partial charge in [-0.15, -0.1) is 0 Å². The average Bonchev–Trinajstić information content (AvgIpc) is 3.08. The first-order valence-electron chi connectivity index (χ1n) is 7.89. The molecule has 1 atom stereocenters. The molecule has 0 saturated carbocycles. The van der Waals surface area contributed by atoms with Crippen LogP contribution < -0.4 is 0 Å². The van der Waals surface area contributed by atoms with Gasteiger partial charge in [-0.3, -0.25) is 9.58 Å². The predicted octanol–water partition coefficient (Wildman–Crippen LogP) is 2.88. The minimum atomic E-state index is 0.420. The van der Waals surface area contributed by atoms with Crippen LogP contribution in [0.25, 0.3) is 0 Å². The van der Waals surface area contributed by atoms with Gasteiger partial charge in [-0.05, 0) is 46.2 Å². The summed E-state index contributed by atoms with van der Waals surface area (Å²) >= 11 is 0. The van der Waals surface area contributed by atoms with Crippen LogP contribution in [0.1, 0.15) is 55.9 Å². The van der Waals surface area contributed by atoms with Gasteiger partial charge in [0.2, 0.25) is 0 Å². The minimum absolute atomic E-state index is 0.420.